The highest BCUT2D eigenvalue weighted by Crippen LogP contribution is 2.47. The summed E-state index contributed by atoms with van der Waals surface area (Å²) >= 11 is 0. The third-order valence-corrected chi connectivity index (χ3v) is 2.79. The van der Waals surface area contributed by atoms with Crippen molar-refractivity contribution in [2.75, 3.05) is 11.5 Å². The molecule has 0 atom stereocenters. The lowest BCUT2D eigenvalue weighted by Gasteiger charge is -2.17. The maximum Gasteiger partial charge on any atom is 0.419 e. The Morgan fingerprint density at radius 2 is 1.50 bits per heavy atom. The van der Waals surface area contributed by atoms with Crippen LogP contribution in [0.5, 0.6) is 11.5 Å². The van der Waals surface area contributed by atoms with E-state index >= 15 is 0 Å². The zero-order valence-electron chi connectivity index (χ0n) is 10.1. The third kappa shape index (κ3) is 2.29. The van der Waals surface area contributed by atoms with Crippen LogP contribution in [0.15, 0.2) is 30.3 Å². The first-order valence-electron chi connectivity index (χ1n) is 5.49. The van der Waals surface area contributed by atoms with Gasteiger partial charge in [-0.05, 0) is 30.3 Å². The minimum absolute atomic E-state index is 0.146. The van der Waals surface area contributed by atoms with Gasteiger partial charge >= 0.3 is 6.18 Å². The van der Waals surface area contributed by atoms with E-state index in [0.29, 0.717) is 0 Å². The van der Waals surface area contributed by atoms with Crippen LogP contribution in [0, 0.1) is 0 Å². The molecular weight excluding hydrogens is 273 g/mol. The maximum absolute atomic E-state index is 13.1. The molecule has 6 N–H and O–H groups in total. The predicted molar refractivity (Wildman–Crippen MR) is 69.0 cm³/mol. The van der Waals surface area contributed by atoms with Crippen molar-refractivity contribution in [2.45, 2.75) is 6.18 Å². The molecule has 20 heavy (non-hydrogen) atoms. The largest absolute Gasteiger partial charge is 0.507 e. The molecule has 0 fully saturated rings. The molecule has 0 saturated heterocycles. The molecule has 0 saturated carbocycles. The van der Waals surface area contributed by atoms with Crippen LogP contribution >= 0.6 is 0 Å². The molecule has 0 unspecified atom stereocenters. The number of hydrogen-bond donors (Lipinski definition) is 4. The summed E-state index contributed by atoms with van der Waals surface area (Å²) in [6.45, 7) is 0. The second-order valence-electron chi connectivity index (χ2n) is 4.20. The van der Waals surface area contributed by atoms with Gasteiger partial charge in [0.1, 0.15) is 11.5 Å². The van der Waals surface area contributed by atoms with Crippen molar-refractivity contribution in [3.63, 3.8) is 0 Å². The summed E-state index contributed by atoms with van der Waals surface area (Å²) < 4.78 is 39.3. The molecule has 7 heteroatoms. The first kappa shape index (κ1) is 13.9. The topological polar surface area (TPSA) is 92.5 Å². The van der Waals surface area contributed by atoms with Crippen LogP contribution in [0.1, 0.15) is 5.56 Å². The van der Waals surface area contributed by atoms with E-state index < -0.39 is 34.5 Å². The highest BCUT2D eigenvalue weighted by Gasteiger charge is 2.38. The second kappa shape index (κ2) is 4.52. The molecule has 0 heterocycles. The van der Waals surface area contributed by atoms with Crippen LogP contribution in [-0.2, 0) is 6.18 Å². The smallest absolute Gasteiger partial charge is 0.419 e. The summed E-state index contributed by atoms with van der Waals surface area (Å²) in [6, 6.07) is 5.59. The summed E-state index contributed by atoms with van der Waals surface area (Å²) in [5.41, 5.74) is 8.42. The maximum atomic E-state index is 13.1. The number of benzene rings is 2. The van der Waals surface area contributed by atoms with E-state index in [1.165, 1.54) is 6.07 Å². The Balaban J connectivity index is 2.86. The molecule has 0 aromatic heterocycles. The van der Waals surface area contributed by atoms with Crippen molar-refractivity contribution < 1.29 is 23.4 Å². The van der Waals surface area contributed by atoms with Crippen LogP contribution in [0.4, 0.5) is 24.5 Å². The van der Waals surface area contributed by atoms with Crippen LogP contribution in [0.3, 0.4) is 0 Å². The lowest BCUT2D eigenvalue weighted by atomic mass is 9.95. The predicted octanol–water partition coefficient (Wildman–Crippen LogP) is 2.95. The van der Waals surface area contributed by atoms with E-state index in [-0.39, 0.29) is 11.3 Å². The number of nitrogen functional groups attached to an aromatic ring is 2. The molecule has 2 aromatic carbocycles. The zero-order valence-corrected chi connectivity index (χ0v) is 10.1. The number of anilines is 2. The fourth-order valence-electron chi connectivity index (χ4n) is 1.94. The minimum atomic E-state index is -4.78. The molecule has 4 nitrogen and oxygen atoms in total. The van der Waals surface area contributed by atoms with Crippen molar-refractivity contribution >= 4 is 11.4 Å². The first-order chi connectivity index (χ1) is 9.21. The molecule has 0 bridgehead atoms. The van der Waals surface area contributed by atoms with Gasteiger partial charge in [0.05, 0.1) is 5.56 Å². The summed E-state index contributed by atoms with van der Waals surface area (Å²) in [7, 11) is 0. The fraction of sp³-hybridized carbons (Fsp3) is 0.0769. The van der Waals surface area contributed by atoms with E-state index in [2.05, 4.69) is 0 Å². The molecule has 2 aromatic rings. The summed E-state index contributed by atoms with van der Waals surface area (Å²) in [5.74, 6) is -1.09. The quantitative estimate of drug-likeness (QED) is 0.478. The molecule has 0 amide bonds. The Morgan fingerprint density at radius 1 is 0.900 bits per heavy atom. The number of aromatic hydroxyl groups is 2. The average Bonchev–Trinajstić information content (AvgIpc) is 2.33. The van der Waals surface area contributed by atoms with Gasteiger partial charge in [-0.3, -0.25) is 0 Å². The van der Waals surface area contributed by atoms with Gasteiger partial charge in [-0.25, -0.2) is 0 Å². The zero-order chi connectivity index (χ0) is 15.1. The van der Waals surface area contributed by atoms with E-state index in [0.717, 1.165) is 24.3 Å². The Morgan fingerprint density at radius 3 is 2.10 bits per heavy atom. The van der Waals surface area contributed by atoms with Gasteiger partial charge in [-0.1, -0.05) is 0 Å². The third-order valence-electron chi connectivity index (χ3n) is 2.79. The van der Waals surface area contributed by atoms with Crippen LogP contribution < -0.4 is 11.5 Å². The standard InChI is InChI=1S/C13H11F3N2O2/c14-13(15,16)12-8(18)2-4-10(20)11(12)7-5-6(17)1-3-9(7)19/h1-5,19-20H,17-18H2. The second-order valence-corrected chi connectivity index (χ2v) is 4.20. The summed E-state index contributed by atoms with van der Waals surface area (Å²) in [4.78, 5) is 0. The van der Waals surface area contributed by atoms with E-state index in [4.69, 9.17) is 11.5 Å². The minimum Gasteiger partial charge on any atom is -0.507 e. The van der Waals surface area contributed by atoms with E-state index in [1.807, 2.05) is 0 Å². The molecular formula is C13H11F3N2O2. The van der Waals surface area contributed by atoms with Crippen molar-refractivity contribution in [1.82, 2.24) is 0 Å². The van der Waals surface area contributed by atoms with Gasteiger partial charge in [0.2, 0.25) is 0 Å². The summed E-state index contributed by atoms with van der Waals surface area (Å²) in [6.07, 6.45) is -4.78. The Bertz CT molecular complexity index is 669. The lowest BCUT2D eigenvalue weighted by molar-refractivity contribution is -0.136. The molecule has 106 valence electrons. The van der Waals surface area contributed by atoms with E-state index in [1.54, 1.807) is 0 Å². The van der Waals surface area contributed by atoms with Gasteiger partial charge < -0.3 is 21.7 Å². The highest BCUT2D eigenvalue weighted by atomic mass is 19.4. The van der Waals surface area contributed by atoms with Crippen LogP contribution in [-0.4, -0.2) is 10.2 Å². The Labute approximate surface area is 112 Å². The van der Waals surface area contributed by atoms with Crippen molar-refractivity contribution in [3.05, 3.63) is 35.9 Å². The highest BCUT2D eigenvalue weighted by molar-refractivity contribution is 5.84. The van der Waals surface area contributed by atoms with Gasteiger partial charge in [-0.2, -0.15) is 13.2 Å². The van der Waals surface area contributed by atoms with E-state index in [9.17, 15) is 23.4 Å². The fourth-order valence-corrected chi connectivity index (χ4v) is 1.94. The van der Waals surface area contributed by atoms with Crippen LogP contribution in [0.2, 0.25) is 0 Å². The Hall–Kier alpha value is -2.57. The Kier molecular flexibility index (Phi) is 3.13. The monoisotopic (exact) mass is 284 g/mol. The molecule has 0 aliphatic rings. The molecule has 0 aliphatic heterocycles. The average molecular weight is 284 g/mol. The number of rotatable bonds is 1. The molecule has 0 radical (unpaired) electrons. The van der Waals surface area contributed by atoms with Gasteiger partial charge in [0.15, 0.2) is 0 Å². The molecule has 0 aliphatic carbocycles. The number of hydrogen-bond acceptors (Lipinski definition) is 4. The van der Waals surface area contributed by atoms with Crippen LogP contribution in [0.25, 0.3) is 11.1 Å². The lowest BCUT2D eigenvalue weighted by Crippen LogP contribution is -2.11. The van der Waals surface area contributed by atoms with Gasteiger partial charge in [0.25, 0.3) is 0 Å². The van der Waals surface area contributed by atoms with Crippen molar-refractivity contribution in [1.29, 1.82) is 0 Å². The first-order valence-corrected chi connectivity index (χ1v) is 5.49. The number of halogens is 3. The SMILES string of the molecule is Nc1ccc(O)c(-c2c(O)ccc(N)c2C(F)(F)F)c1. The van der Waals surface area contributed by atoms with Gasteiger partial charge in [-0.15, -0.1) is 0 Å². The number of alkyl halides is 3. The van der Waals surface area contributed by atoms with Crippen molar-refractivity contribution in [2.24, 2.45) is 0 Å². The van der Waals surface area contributed by atoms with Crippen molar-refractivity contribution in [3.8, 4) is 22.6 Å². The summed E-state index contributed by atoms with van der Waals surface area (Å²) in [5, 5.41) is 19.5. The number of nitrogens with two attached hydrogens (primary N) is 2. The molecule has 2 rings (SSSR count). The normalized spacial score (nSPS) is 11.6. The van der Waals surface area contributed by atoms with Gasteiger partial charge in [0, 0.05) is 22.5 Å². The number of phenolic OH excluding ortho intramolecular Hbond substituents is 2. The number of phenols is 2. The molecule has 0 spiro atoms.